The van der Waals surface area contributed by atoms with E-state index in [1.54, 1.807) is 17.5 Å². The fourth-order valence-electron chi connectivity index (χ4n) is 3.58. The van der Waals surface area contributed by atoms with Gasteiger partial charge in [0.2, 0.25) is 5.91 Å². The first-order chi connectivity index (χ1) is 12.7. The van der Waals surface area contributed by atoms with Gasteiger partial charge in [0.05, 0.1) is 18.9 Å². The average Bonchev–Trinajstić information content (AvgIpc) is 3.28. The molecule has 1 fully saturated rings. The molecule has 8 heteroatoms. The second-order valence-electron chi connectivity index (χ2n) is 6.89. The summed E-state index contributed by atoms with van der Waals surface area (Å²) in [5.74, 6) is 0.187. The number of fused-ring (bicyclic) bond motifs is 1. The maximum Gasteiger partial charge on any atom is 0.223 e. The third-order valence-corrected chi connectivity index (χ3v) is 6.40. The molecule has 0 spiro atoms. The molecule has 1 aliphatic heterocycles. The van der Waals surface area contributed by atoms with Gasteiger partial charge in [-0.25, -0.2) is 4.98 Å². The number of nitrogens with zero attached hydrogens (tertiary/aromatic N) is 4. The van der Waals surface area contributed by atoms with Crippen LogP contribution in [-0.4, -0.2) is 53.5 Å². The molecule has 2 aromatic rings. The van der Waals surface area contributed by atoms with Crippen LogP contribution in [0.2, 0.25) is 0 Å². The van der Waals surface area contributed by atoms with E-state index in [1.807, 2.05) is 17.8 Å². The normalized spacial score (nSPS) is 20.0. The molecule has 1 aliphatic carbocycles. The van der Waals surface area contributed by atoms with Crippen molar-refractivity contribution in [3.05, 3.63) is 28.5 Å². The molecule has 2 aliphatic rings. The van der Waals surface area contributed by atoms with Crippen molar-refractivity contribution in [3.63, 3.8) is 0 Å². The Morgan fingerprint density at radius 2 is 2.27 bits per heavy atom. The Morgan fingerprint density at radius 3 is 3.04 bits per heavy atom. The number of hydrogen-bond donors (Lipinski definition) is 1. The second-order valence-corrected chi connectivity index (χ2v) is 7.95. The van der Waals surface area contributed by atoms with Gasteiger partial charge in [0.1, 0.15) is 0 Å². The van der Waals surface area contributed by atoms with Crippen LogP contribution < -0.4 is 10.2 Å². The topological polar surface area (TPSA) is 72.3 Å². The Bertz CT molecular complexity index is 765. The predicted octanol–water partition coefficient (Wildman–Crippen LogP) is 1.18. The number of morpholine rings is 1. The highest BCUT2D eigenvalue weighted by Gasteiger charge is 2.28. The number of nitrogens with one attached hydrogen (secondary N) is 1. The summed E-state index contributed by atoms with van der Waals surface area (Å²) >= 11 is 1.79. The van der Waals surface area contributed by atoms with Crippen molar-refractivity contribution in [3.8, 4) is 0 Å². The van der Waals surface area contributed by atoms with Crippen molar-refractivity contribution in [2.45, 2.75) is 25.7 Å². The largest absolute Gasteiger partial charge is 0.378 e. The molecule has 2 aromatic heterocycles. The molecule has 0 bridgehead atoms. The first-order valence-corrected chi connectivity index (χ1v) is 10.1. The van der Waals surface area contributed by atoms with Crippen LogP contribution in [0.25, 0.3) is 0 Å². The molecule has 140 valence electrons. The smallest absolute Gasteiger partial charge is 0.223 e. The molecule has 1 saturated heterocycles. The van der Waals surface area contributed by atoms with Crippen LogP contribution in [-0.2, 0) is 35.8 Å². The summed E-state index contributed by atoms with van der Waals surface area (Å²) in [6.07, 6.45) is 5.21. The molecular weight excluding hydrogens is 350 g/mol. The van der Waals surface area contributed by atoms with Crippen molar-refractivity contribution >= 4 is 22.4 Å². The Labute approximate surface area is 157 Å². The molecule has 7 nitrogen and oxygen atoms in total. The maximum atomic E-state index is 12.5. The van der Waals surface area contributed by atoms with Crippen LogP contribution >= 0.6 is 11.3 Å². The third kappa shape index (κ3) is 3.76. The number of carbonyl (C=O) groups excluding carboxylic acids is 1. The SMILES string of the molecule is Cn1nccc1CCNC(=O)C1CCc2sc(N3CCOCC3)nc2C1. The molecule has 0 aromatic carbocycles. The zero-order valence-electron chi connectivity index (χ0n) is 15.1. The van der Waals surface area contributed by atoms with Crippen LogP contribution in [0.15, 0.2) is 12.3 Å². The monoisotopic (exact) mass is 375 g/mol. The predicted molar refractivity (Wildman–Crippen MR) is 101 cm³/mol. The standard InChI is InChI=1S/C18H25N5O2S/c1-22-14(5-7-20-22)4-6-19-17(24)13-2-3-16-15(12-13)21-18(26-16)23-8-10-25-11-9-23/h5,7,13H,2-4,6,8-12H2,1H3,(H,19,24). The molecular formula is C18H25N5O2S. The number of thiazole rings is 1. The summed E-state index contributed by atoms with van der Waals surface area (Å²) in [7, 11) is 1.92. The van der Waals surface area contributed by atoms with Gasteiger partial charge in [0, 0.05) is 62.2 Å². The van der Waals surface area contributed by atoms with Gasteiger partial charge < -0.3 is 15.0 Å². The molecule has 0 radical (unpaired) electrons. The Hall–Kier alpha value is -1.93. The highest BCUT2D eigenvalue weighted by atomic mass is 32.1. The number of carbonyl (C=O) groups is 1. The lowest BCUT2D eigenvalue weighted by atomic mass is 9.90. The molecule has 0 saturated carbocycles. The fourth-order valence-corrected chi connectivity index (χ4v) is 4.74. The number of aromatic nitrogens is 3. The van der Waals surface area contributed by atoms with Gasteiger partial charge in [-0.05, 0) is 18.9 Å². The summed E-state index contributed by atoms with van der Waals surface area (Å²) in [6.45, 7) is 4.00. The Kier molecular flexibility index (Phi) is 5.21. The number of rotatable bonds is 5. The molecule has 26 heavy (non-hydrogen) atoms. The van der Waals surface area contributed by atoms with E-state index in [2.05, 4.69) is 15.3 Å². The van der Waals surface area contributed by atoms with Crippen molar-refractivity contribution in [2.24, 2.45) is 13.0 Å². The molecule has 1 amide bonds. The molecule has 3 heterocycles. The van der Waals surface area contributed by atoms with E-state index in [-0.39, 0.29) is 11.8 Å². The first kappa shape index (κ1) is 17.5. The highest BCUT2D eigenvalue weighted by Crippen LogP contribution is 2.34. The number of hydrogen-bond acceptors (Lipinski definition) is 6. The van der Waals surface area contributed by atoms with Crippen molar-refractivity contribution < 1.29 is 9.53 Å². The summed E-state index contributed by atoms with van der Waals surface area (Å²) in [4.78, 5) is 21.0. The van der Waals surface area contributed by atoms with E-state index in [9.17, 15) is 4.79 Å². The zero-order valence-corrected chi connectivity index (χ0v) is 15.9. The minimum atomic E-state index is 0.0358. The van der Waals surface area contributed by atoms with E-state index in [1.165, 1.54) is 4.88 Å². The molecule has 1 atom stereocenters. The van der Waals surface area contributed by atoms with Crippen LogP contribution in [0.5, 0.6) is 0 Å². The van der Waals surface area contributed by atoms with Gasteiger partial charge in [0.15, 0.2) is 5.13 Å². The fraction of sp³-hybridized carbons (Fsp3) is 0.611. The second kappa shape index (κ2) is 7.75. The molecule has 4 rings (SSSR count). The van der Waals surface area contributed by atoms with Gasteiger partial charge in [-0.3, -0.25) is 9.48 Å². The van der Waals surface area contributed by atoms with E-state index in [0.717, 1.165) is 68.5 Å². The van der Waals surface area contributed by atoms with Gasteiger partial charge in [-0.1, -0.05) is 0 Å². The van der Waals surface area contributed by atoms with E-state index in [0.29, 0.717) is 6.54 Å². The van der Waals surface area contributed by atoms with Crippen LogP contribution in [0.1, 0.15) is 22.7 Å². The summed E-state index contributed by atoms with van der Waals surface area (Å²) in [5, 5.41) is 8.34. The van der Waals surface area contributed by atoms with E-state index in [4.69, 9.17) is 9.72 Å². The average molecular weight is 375 g/mol. The number of amides is 1. The van der Waals surface area contributed by atoms with Crippen LogP contribution in [0.4, 0.5) is 5.13 Å². The van der Waals surface area contributed by atoms with Gasteiger partial charge in [0.25, 0.3) is 0 Å². The van der Waals surface area contributed by atoms with Gasteiger partial charge in [-0.15, -0.1) is 11.3 Å². The van der Waals surface area contributed by atoms with Crippen molar-refractivity contribution in [1.29, 1.82) is 0 Å². The quantitative estimate of drug-likeness (QED) is 0.850. The lowest BCUT2D eigenvalue weighted by molar-refractivity contribution is -0.125. The number of ether oxygens (including phenoxy) is 1. The van der Waals surface area contributed by atoms with Gasteiger partial charge in [-0.2, -0.15) is 5.10 Å². The van der Waals surface area contributed by atoms with Crippen molar-refractivity contribution in [2.75, 3.05) is 37.7 Å². The molecule has 1 N–H and O–H groups in total. The Morgan fingerprint density at radius 1 is 1.42 bits per heavy atom. The lowest BCUT2D eigenvalue weighted by Gasteiger charge is -2.26. The maximum absolute atomic E-state index is 12.5. The lowest BCUT2D eigenvalue weighted by Crippen LogP contribution is -2.36. The van der Waals surface area contributed by atoms with E-state index >= 15 is 0 Å². The third-order valence-electron chi connectivity index (χ3n) is 5.18. The number of anilines is 1. The minimum Gasteiger partial charge on any atom is -0.378 e. The van der Waals surface area contributed by atoms with Crippen LogP contribution in [0, 0.1) is 5.92 Å². The highest BCUT2D eigenvalue weighted by molar-refractivity contribution is 7.15. The van der Waals surface area contributed by atoms with Crippen LogP contribution in [0.3, 0.4) is 0 Å². The zero-order chi connectivity index (χ0) is 17.9. The Balaban J connectivity index is 1.31. The van der Waals surface area contributed by atoms with Crippen molar-refractivity contribution in [1.82, 2.24) is 20.1 Å². The van der Waals surface area contributed by atoms with E-state index < -0.39 is 0 Å². The minimum absolute atomic E-state index is 0.0358. The summed E-state index contributed by atoms with van der Waals surface area (Å²) in [5.41, 5.74) is 2.25. The number of aryl methyl sites for hydroxylation is 2. The first-order valence-electron chi connectivity index (χ1n) is 9.26. The summed E-state index contributed by atoms with van der Waals surface area (Å²) < 4.78 is 7.27. The molecule has 1 unspecified atom stereocenters. The summed E-state index contributed by atoms with van der Waals surface area (Å²) in [6, 6.07) is 1.99. The van der Waals surface area contributed by atoms with Gasteiger partial charge >= 0.3 is 0 Å².